The Kier molecular flexibility index (Phi) is 13.4. The number of aliphatic hydroxyl groups is 4. The molecule has 17 atom stereocenters. The molecule has 296 valence electrons. The zero-order chi connectivity index (χ0) is 38.4. The molecule has 51 heavy (non-hydrogen) atoms. The molecule has 4 aliphatic heterocycles. The Hall–Kier alpha value is -1.39. The molecule has 13 heteroatoms. The van der Waals surface area contributed by atoms with Gasteiger partial charge < -0.3 is 58.9 Å². The van der Waals surface area contributed by atoms with Crippen LogP contribution in [-0.4, -0.2) is 124 Å². The van der Waals surface area contributed by atoms with Crippen LogP contribution in [0.5, 0.6) is 0 Å². The van der Waals surface area contributed by atoms with Crippen LogP contribution < -0.4 is 5.32 Å². The van der Waals surface area contributed by atoms with Crippen molar-refractivity contribution in [3.8, 4) is 0 Å². The molecule has 4 heterocycles. The molecule has 0 spiro atoms. The largest absolute Gasteiger partial charge is 0.488 e. The van der Waals surface area contributed by atoms with Crippen molar-refractivity contribution in [3.05, 3.63) is 11.3 Å². The number of esters is 1. The summed E-state index contributed by atoms with van der Waals surface area (Å²) in [5, 5.41) is 48.7. The zero-order valence-corrected chi connectivity index (χ0v) is 33.0. The van der Waals surface area contributed by atoms with Gasteiger partial charge in [-0.25, -0.2) is 0 Å². The van der Waals surface area contributed by atoms with Gasteiger partial charge in [0.25, 0.3) is 0 Å². The molecule has 0 aromatic carbocycles. The van der Waals surface area contributed by atoms with Gasteiger partial charge in [0, 0.05) is 38.0 Å². The Bertz CT molecular complexity index is 1230. The van der Waals surface area contributed by atoms with Crippen molar-refractivity contribution in [2.24, 2.45) is 17.8 Å². The van der Waals surface area contributed by atoms with Gasteiger partial charge >= 0.3 is 5.97 Å². The van der Waals surface area contributed by atoms with E-state index in [1.807, 2.05) is 48.5 Å². The smallest absolute Gasteiger partial charge is 0.311 e. The van der Waals surface area contributed by atoms with E-state index in [-0.39, 0.29) is 31.0 Å². The first-order valence-corrected chi connectivity index (χ1v) is 18.9. The molecule has 0 aromatic heterocycles. The Morgan fingerprint density at radius 3 is 2.29 bits per heavy atom. The average Bonchev–Trinajstić information content (AvgIpc) is 3.37. The number of nitrogens with one attached hydrogen (secondary N) is 1. The van der Waals surface area contributed by atoms with Gasteiger partial charge in [0.15, 0.2) is 12.6 Å². The maximum absolute atomic E-state index is 14.3. The molecule has 3 fully saturated rings. The number of cyclic esters (lactones) is 1. The van der Waals surface area contributed by atoms with Crippen LogP contribution >= 0.6 is 0 Å². The van der Waals surface area contributed by atoms with Crippen molar-refractivity contribution in [1.82, 2.24) is 5.32 Å². The van der Waals surface area contributed by atoms with E-state index in [1.54, 1.807) is 27.7 Å². The summed E-state index contributed by atoms with van der Waals surface area (Å²) >= 11 is 0. The van der Waals surface area contributed by atoms with Crippen molar-refractivity contribution >= 4 is 5.97 Å². The Labute approximate surface area is 304 Å². The molecule has 5 N–H and O–H groups in total. The van der Waals surface area contributed by atoms with E-state index in [1.165, 1.54) is 14.0 Å². The van der Waals surface area contributed by atoms with Gasteiger partial charge in [0.05, 0.1) is 41.9 Å². The first kappa shape index (κ1) is 42.4. The van der Waals surface area contributed by atoms with Crippen LogP contribution in [0, 0.1) is 17.8 Å². The molecule has 4 rings (SSSR count). The van der Waals surface area contributed by atoms with Gasteiger partial charge in [0.1, 0.15) is 41.4 Å². The zero-order valence-electron chi connectivity index (χ0n) is 33.0. The number of hydrogen-bond acceptors (Lipinski definition) is 13. The molecule has 13 nitrogen and oxygen atoms in total. The minimum absolute atomic E-state index is 0.119. The highest BCUT2D eigenvalue weighted by Crippen LogP contribution is 2.48. The number of fused-ring (bicyclic) bond motifs is 2. The lowest BCUT2D eigenvalue weighted by Gasteiger charge is -2.48. The van der Waals surface area contributed by atoms with Crippen LogP contribution in [0.3, 0.4) is 0 Å². The number of ether oxygens (including phenoxy) is 7. The highest BCUT2D eigenvalue weighted by molar-refractivity contribution is 5.73. The van der Waals surface area contributed by atoms with Gasteiger partial charge in [-0.05, 0) is 66.9 Å². The van der Waals surface area contributed by atoms with Gasteiger partial charge in [-0.15, -0.1) is 0 Å². The summed E-state index contributed by atoms with van der Waals surface area (Å²) in [7, 11) is 1.53. The molecule has 4 aliphatic rings. The number of carbonyl (C=O) groups excluding carboxylic acids is 1. The van der Waals surface area contributed by atoms with Gasteiger partial charge in [0.2, 0.25) is 0 Å². The van der Waals surface area contributed by atoms with Crippen LogP contribution in [0.15, 0.2) is 11.3 Å². The summed E-state index contributed by atoms with van der Waals surface area (Å²) in [6.07, 6.45) is -7.35. The first-order chi connectivity index (χ1) is 23.6. The summed E-state index contributed by atoms with van der Waals surface area (Å²) in [5.74, 6) is -2.28. The highest BCUT2D eigenvalue weighted by atomic mass is 16.7. The SMILES string of the molecule is CC[C@@H](O)[C@@](C)(O)[C@@H]1OC(=O)[C@H](C)[C@@H](O[C@H]2CC(C)(OC)[C@@H](O)C(C)O2)[C@H](C)[C@@H](O[C@@H]2OC(C)CC(NC(C)C)C2O)C2(C)CC(C)=C(O2)[C@@H]1C. The van der Waals surface area contributed by atoms with E-state index in [2.05, 4.69) is 5.32 Å². The molecule has 0 amide bonds. The van der Waals surface area contributed by atoms with Crippen LogP contribution in [0.4, 0.5) is 0 Å². The van der Waals surface area contributed by atoms with Crippen molar-refractivity contribution in [1.29, 1.82) is 0 Å². The minimum Gasteiger partial charge on any atom is -0.488 e. The van der Waals surface area contributed by atoms with Gasteiger partial charge in [-0.3, -0.25) is 4.79 Å². The van der Waals surface area contributed by atoms with Crippen LogP contribution in [0.2, 0.25) is 0 Å². The Morgan fingerprint density at radius 2 is 1.71 bits per heavy atom. The standard InChI is InChI=1S/C38H67NO12/c1-14-26(40)38(12,44)33-21(6)29-19(4)16-37(11,51-29)32(50-35-28(41)25(39-18(2)3)15-20(5)46-35)22(7)30(23(8)34(43)49-33)48-27-17-36(10,45-13)31(42)24(9)47-27/h18,20-28,30-33,35,39-42,44H,14-17H2,1-13H3/t20?,21-,22-,23+,24?,25?,26+,27-,28?,30-,31-,32+,33+,35-,36?,37?,38+/m0/s1. The Balaban J connectivity index is 1.82. The van der Waals surface area contributed by atoms with Crippen molar-refractivity contribution < 1.29 is 58.4 Å². The van der Waals surface area contributed by atoms with E-state index in [4.69, 9.17) is 33.2 Å². The summed E-state index contributed by atoms with van der Waals surface area (Å²) in [6.45, 7) is 22.1. The fourth-order valence-corrected chi connectivity index (χ4v) is 8.83. The number of aliphatic hydroxyl groups excluding tert-OH is 3. The third-order valence-corrected chi connectivity index (χ3v) is 11.8. The van der Waals surface area contributed by atoms with Crippen molar-refractivity contribution in [2.45, 2.75) is 199 Å². The van der Waals surface area contributed by atoms with Crippen LogP contribution in [-0.2, 0) is 38.0 Å². The lowest BCUT2D eigenvalue weighted by Crippen LogP contribution is -2.60. The normalized spacial score (nSPS) is 45.8. The molecular weight excluding hydrogens is 662 g/mol. The second-order valence-electron chi connectivity index (χ2n) is 16.7. The van der Waals surface area contributed by atoms with Crippen molar-refractivity contribution in [3.63, 3.8) is 0 Å². The van der Waals surface area contributed by atoms with Crippen LogP contribution in [0.1, 0.15) is 109 Å². The fourth-order valence-electron chi connectivity index (χ4n) is 8.83. The van der Waals surface area contributed by atoms with Crippen LogP contribution in [0.25, 0.3) is 0 Å². The molecular formula is C38H67NO12. The molecule has 3 saturated heterocycles. The third kappa shape index (κ3) is 8.63. The average molecular weight is 730 g/mol. The molecule has 0 aromatic rings. The molecule has 0 saturated carbocycles. The van der Waals surface area contributed by atoms with Gasteiger partial charge in [-0.1, -0.05) is 34.6 Å². The number of hydrogen-bond donors (Lipinski definition) is 5. The van der Waals surface area contributed by atoms with E-state index in [0.717, 1.165) is 5.57 Å². The topological polar surface area (TPSA) is 175 Å². The molecule has 6 unspecified atom stereocenters. The fraction of sp³-hybridized carbons (Fsp3) is 0.921. The lowest BCUT2D eigenvalue weighted by molar-refractivity contribution is -0.314. The number of rotatable bonds is 10. The van der Waals surface area contributed by atoms with E-state index >= 15 is 0 Å². The summed E-state index contributed by atoms with van der Waals surface area (Å²) in [6, 6.07) is -0.164. The summed E-state index contributed by atoms with van der Waals surface area (Å²) in [5.41, 5.74) is -2.96. The monoisotopic (exact) mass is 729 g/mol. The van der Waals surface area contributed by atoms with E-state index in [9.17, 15) is 25.2 Å². The third-order valence-electron chi connectivity index (χ3n) is 11.8. The van der Waals surface area contributed by atoms with E-state index in [0.29, 0.717) is 18.6 Å². The summed E-state index contributed by atoms with van der Waals surface area (Å²) < 4.78 is 44.9. The maximum Gasteiger partial charge on any atom is 0.311 e. The quantitative estimate of drug-likeness (QED) is 0.208. The second-order valence-corrected chi connectivity index (χ2v) is 16.7. The highest BCUT2D eigenvalue weighted by Gasteiger charge is 2.57. The second kappa shape index (κ2) is 16.1. The Morgan fingerprint density at radius 1 is 1.06 bits per heavy atom. The number of methoxy groups -OCH3 is 1. The minimum atomic E-state index is -1.82. The first-order valence-electron chi connectivity index (χ1n) is 18.9. The molecule has 0 aliphatic carbocycles. The van der Waals surface area contributed by atoms with Gasteiger partial charge in [-0.2, -0.15) is 0 Å². The van der Waals surface area contributed by atoms with E-state index < -0.39 is 95.8 Å². The summed E-state index contributed by atoms with van der Waals surface area (Å²) in [4.78, 5) is 14.3. The molecule has 0 radical (unpaired) electrons. The predicted octanol–water partition coefficient (Wildman–Crippen LogP) is 3.33. The number of carbonyl (C=O) groups is 1. The predicted molar refractivity (Wildman–Crippen MR) is 188 cm³/mol. The maximum atomic E-state index is 14.3. The molecule has 2 bridgehead atoms. The van der Waals surface area contributed by atoms with Crippen molar-refractivity contribution in [2.75, 3.05) is 7.11 Å². The lowest BCUT2D eigenvalue weighted by atomic mass is 9.78.